The molecule has 2 heterocycles. The zero-order chi connectivity index (χ0) is 31.5. The summed E-state index contributed by atoms with van der Waals surface area (Å²) in [6, 6.07) is 0. The Morgan fingerprint density at radius 3 is 2.69 bits per heavy atom. The number of carbonyl (C=O) groups excluding carboxylic acids is 1. The highest BCUT2D eigenvalue weighted by Crippen LogP contribution is 2.39. The number of carbonyl (C=O) groups is 1. The van der Waals surface area contributed by atoms with Gasteiger partial charge in [0.25, 0.3) is 0 Å². The molecule has 1 unspecified atom stereocenters. The van der Waals surface area contributed by atoms with Gasteiger partial charge in [0.05, 0.1) is 24.2 Å². The summed E-state index contributed by atoms with van der Waals surface area (Å²) >= 11 is 0. The number of aliphatic imine (C=N–C) groups is 1. The van der Waals surface area contributed by atoms with Crippen LogP contribution in [0.2, 0.25) is 0 Å². The van der Waals surface area contributed by atoms with Crippen molar-refractivity contribution in [3.05, 3.63) is 22.2 Å². The third-order valence-electron chi connectivity index (χ3n) is 5.47. The van der Waals surface area contributed by atoms with Crippen LogP contribution in [0.25, 0.3) is 0 Å². The first-order chi connectivity index (χ1) is 19.6. The summed E-state index contributed by atoms with van der Waals surface area (Å²) in [5.41, 5.74) is 0.410. The summed E-state index contributed by atoms with van der Waals surface area (Å²) in [5.74, 6) is 4.34. The van der Waals surface area contributed by atoms with E-state index in [1.807, 2.05) is 0 Å². The smallest absolute Gasteiger partial charge is 0.394 e. The number of aromatic nitrogens is 2. The lowest BCUT2D eigenvalue weighted by Crippen LogP contribution is -2.28. The van der Waals surface area contributed by atoms with Gasteiger partial charge in [0, 0.05) is 37.9 Å². The molecule has 1 aromatic heterocycles. The van der Waals surface area contributed by atoms with Gasteiger partial charge in [0.1, 0.15) is 24.9 Å². The van der Waals surface area contributed by atoms with Crippen LogP contribution in [0.4, 0.5) is 19.0 Å². The Morgan fingerprint density at radius 2 is 2.07 bits per heavy atom. The number of aliphatic hydroxyl groups excluding tert-OH is 1. The number of nitrogens with zero attached hydrogens (tertiary/aromatic N) is 5. The molecule has 1 N–H and O–H groups in total. The molecule has 11 nitrogen and oxygen atoms in total. The number of ketones is 1. The summed E-state index contributed by atoms with van der Waals surface area (Å²) < 4.78 is 49.4. The van der Waals surface area contributed by atoms with Gasteiger partial charge < -0.3 is 24.3 Å². The first-order valence-corrected chi connectivity index (χ1v) is 15.2. The average Bonchev–Trinajstić information content (AvgIpc) is 3.31. The van der Waals surface area contributed by atoms with Crippen molar-refractivity contribution in [2.24, 2.45) is 10.1 Å². The van der Waals surface area contributed by atoms with Gasteiger partial charge >= 0.3 is 11.9 Å². The molecule has 234 valence electrons. The molecule has 0 radical (unpaired) electrons. The van der Waals surface area contributed by atoms with Crippen molar-refractivity contribution in [1.82, 2.24) is 14.5 Å². The van der Waals surface area contributed by atoms with Crippen LogP contribution in [0.3, 0.4) is 0 Å². The summed E-state index contributed by atoms with van der Waals surface area (Å²) in [6.07, 6.45) is -4.14. The molecule has 0 aromatic carbocycles. The van der Waals surface area contributed by atoms with E-state index in [1.165, 1.54) is 38.7 Å². The number of halogens is 3. The van der Waals surface area contributed by atoms with E-state index >= 15 is 0 Å². The standard InChI is InChI=1S/C26H36F3N5O6S2/c1-17(2)32-40-19-12-22(39-20(19)14-35)34-13-18(23(31-24(34)37)30-15-33(5)6)8-7-11-38-16-41-42-25(3,4)10-9-21(36)26(27,28)29/h13,15,19-20,22,35H,9-12,14,16H2,1-6H3/t19?,20-,22-/m1/s1. The number of ether oxygens (including phenoxy) is 2. The number of alkyl halides is 3. The molecule has 0 spiro atoms. The van der Waals surface area contributed by atoms with Crippen molar-refractivity contribution < 1.29 is 37.4 Å². The number of Topliss-reactive ketones (excluding diaryl/α,β-unsaturated/α-hetero) is 1. The maximum atomic E-state index is 12.9. The lowest BCUT2D eigenvalue weighted by molar-refractivity contribution is -0.171. The van der Waals surface area contributed by atoms with E-state index < -0.39 is 47.3 Å². The van der Waals surface area contributed by atoms with Crippen LogP contribution in [-0.2, 0) is 19.1 Å². The Hall–Kier alpha value is -2.58. The zero-order valence-electron chi connectivity index (χ0n) is 24.3. The van der Waals surface area contributed by atoms with Gasteiger partial charge in [-0.3, -0.25) is 9.36 Å². The van der Waals surface area contributed by atoms with E-state index in [0.29, 0.717) is 11.3 Å². The molecule has 1 aliphatic heterocycles. The molecule has 0 amide bonds. The van der Waals surface area contributed by atoms with Crippen LogP contribution in [0, 0.1) is 11.8 Å². The highest BCUT2D eigenvalue weighted by molar-refractivity contribution is 8.77. The van der Waals surface area contributed by atoms with Gasteiger partial charge in [-0.25, -0.2) is 9.79 Å². The molecular formula is C26H36F3N5O6S2. The molecule has 2 rings (SSSR count). The Bertz CT molecular complexity index is 1240. The number of hydrogen-bond acceptors (Lipinski definition) is 11. The van der Waals surface area contributed by atoms with Gasteiger partial charge in [0.2, 0.25) is 5.78 Å². The van der Waals surface area contributed by atoms with Crippen LogP contribution in [0.1, 0.15) is 58.7 Å². The fraction of sp³-hybridized carbons (Fsp3) is 0.654. The Labute approximate surface area is 250 Å². The van der Waals surface area contributed by atoms with Crippen molar-refractivity contribution in [1.29, 1.82) is 0 Å². The minimum absolute atomic E-state index is 0.0211. The summed E-state index contributed by atoms with van der Waals surface area (Å²) in [6.45, 7) is 6.75. The first-order valence-electron chi connectivity index (χ1n) is 12.9. The number of aliphatic hydroxyl groups is 1. The fourth-order valence-corrected chi connectivity index (χ4v) is 5.64. The van der Waals surface area contributed by atoms with E-state index in [0.717, 1.165) is 0 Å². The SMILES string of the molecule is CC(C)=NOC1C[C@H](n2cc(C#CCOCSSC(C)(C)CCC(=O)C(F)(F)F)c(N=CN(C)C)nc2=O)O[C@@H]1CO. The Morgan fingerprint density at radius 1 is 1.36 bits per heavy atom. The monoisotopic (exact) mass is 635 g/mol. The van der Waals surface area contributed by atoms with Gasteiger partial charge in [-0.05, 0) is 34.1 Å². The zero-order valence-corrected chi connectivity index (χ0v) is 25.9. The molecular weight excluding hydrogens is 599 g/mol. The third-order valence-corrected chi connectivity index (χ3v) is 8.50. The highest BCUT2D eigenvalue weighted by atomic mass is 33.1. The van der Waals surface area contributed by atoms with Crippen molar-refractivity contribution in [3.8, 4) is 11.8 Å². The van der Waals surface area contributed by atoms with E-state index in [9.17, 15) is 27.9 Å². The molecule has 0 aliphatic carbocycles. The predicted octanol–water partition coefficient (Wildman–Crippen LogP) is 3.92. The third kappa shape index (κ3) is 12.0. The summed E-state index contributed by atoms with van der Waals surface area (Å²) in [4.78, 5) is 39.4. The lowest BCUT2D eigenvalue weighted by Gasteiger charge is -2.22. The van der Waals surface area contributed by atoms with Gasteiger partial charge in [0.15, 0.2) is 11.9 Å². The molecule has 1 aromatic rings. The number of rotatable bonds is 14. The second-order valence-electron chi connectivity index (χ2n) is 10.3. The molecule has 16 heteroatoms. The fourth-order valence-electron chi connectivity index (χ4n) is 3.38. The summed E-state index contributed by atoms with van der Waals surface area (Å²) in [7, 11) is 6.15. The van der Waals surface area contributed by atoms with Crippen LogP contribution in [0.15, 0.2) is 21.1 Å². The highest BCUT2D eigenvalue weighted by Gasteiger charge is 2.39. The van der Waals surface area contributed by atoms with Crippen molar-refractivity contribution >= 4 is 45.2 Å². The summed E-state index contributed by atoms with van der Waals surface area (Å²) in [5, 5.41) is 13.7. The first kappa shape index (κ1) is 35.6. The largest absolute Gasteiger partial charge is 0.449 e. The van der Waals surface area contributed by atoms with E-state index in [2.05, 4.69) is 27.0 Å². The topological polar surface area (TPSA) is 128 Å². The van der Waals surface area contributed by atoms with Crippen molar-refractivity contribution in [2.75, 3.05) is 33.2 Å². The van der Waals surface area contributed by atoms with E-state index in [-0.39, 0.29) is 37.8 Å². The normalized spacial score (nSPS) is 19.0. The van der Waals surface area contributed by atoms with Crippen LogP contribution >= 0.6 is 21.6 Å². The molecule has 3 atom stereocenters. The van der Waals surface area contributed by atoms with Crippen LogP contribution in [-0.4, -0.2) is 93.8 Å². The van der Waals surface area contributed by atoms with Gasteiger partial charge in [-0.15, -0.1) is 0 Å². The maximum Gasteiger partial charge on any atom is 0.449 e. The van der Waals surface area contributed by atoms with Crippen molar-refractivity contribution in [2.45, 2.75) is 76.3 Å². The molecule has 1 saturated heterocycles. The second kappa shape index (κ2) is 16.3. The minimum atomic E-state index is -4.82. The quantitative estimate of drug-likeness (QED) is 0.0611. The van der Waals surface area contributed by atoms with Crippen LogP contribution in [0.5, 0.6) is 0 Å². The van der Waals surface area contributed by atoms with Gasteiger partial charge in [-0.2, -0.15) is 18.2 Å². The predicted molar refractivity (Wildman–Crippen MR) is 157 cm³/mol. The average molecular weight is 636 g/mol. The molecule has 1 aliphatic rings. The van der Waals surface area contributed by atoms with E-state index in [1.54, 1.807) is 46.7 Å². The second-order valence-corrected chi connectivity index (χ2v) is 13.2. The van der Waals surface area contributed by atoms with Crippen LogP contribution < -0.4 is 5.69 Å². The maximum absolute atomic E-state index is 12.9. The molecule has 0 saturated carbocycles. The minimum Gasteiger partial charge on any atom is -0.394 e. The number of hydrogen-bond donors (Lipinski definition) is 1. The number of oxime groups is 1. The Balaban J connectivity index is 2.06. The molecule has 42 heavy (non-hydrogen) atoms. The molecule has 1 fully saturated rings. The van der Waals surface area contributed by atoms with E-state index in [4.69, 9.17) is 14.3 Å². The van der Waals surface area contributed by atoms with Gasteiger partial charge in [-0.1, -0.05) is 38.6 Å². The lowest BCUT2D eigenvalue weighted by atomic mass is 10.0. The Kier molecular flexibility index (Phi) is 13.8. The molecule has 0 bridgehead atoms. The van der Waals surface area contributed by atoms with Crippen molar-refractivity contribution in [3.63, 3.8) is 0 Å².